The SMILES string of the molecule is CC1CCc2c(sc(NC(=O)CNCC3CC3)c2C#N)C1. The first-order valence-electron chi connectivity index (χ1n) is 7.72. The van der Waals surface area contributed by atoms with Crippen molar-refractivity contribution in [2.75, 3.05) is 18.4 Å². The molecular formula is C16H21N3OS. The molecule has 0 aliphatic heterocycles. The van der Waals surface area contributed by atoms with Crippen molar-refractivity contribution in [1.82, 2.24) is 5.32 Å². The second-order valence-electron chi connectivity index (χ2n) is 6.29. The molecule has 0 spiro atoms. The van der Waals surface area contributed by atoms with E-state index in [0.29, 0.717) is 18.0 Å². The van der Waals surface area contributed by atoms with Crippen molar-refractivity contribution in [2.45, 2.75) is 39.0 Å². The maximum atomic E-state index is 12.0. The van der Waals surface area contributed by atoms with E-state index in [4.69, 9.17) is 0 Å². The molecule has 1 amide bonds. The molecule has 0 radical (unpaired) electrons. The van der Waals surface area contributed by atoms with Crippen molar-refractivity contribution >= 4 is 22.2 Å². The highest BCUT2D eigenvalue weighted by molar-refractivity contribution is 7.16. The van der Waals surface area contributed by atoms with Gasteiger partial charge >= 0.3 is 0 Å². The van der Waals surface area contributed by atoms with E-state index in [9.17, 15) is 10.1 Å². The number of nitriles is 1. The second kappa shape index (κ2) is 6.17. The standard InChI is InChI=1S/C16H21N3OS/c1-10-2-5-12-13(7-17)16(21-14(12)6-10)19-15(20)9-18-8-11-3-4-11/h10-11,18H,2-6,8-9H2,1H3,(H,19,20). The molecule has 112 valence electrons. The topological polar surface area (TPSA) is 64.9 Å². The number of hydrogen-bond acceptors (Lipinski definition) is 4. The van der Waals surface area contributed by atoms with E-state index in [-0.39, 0.29) is 5.91 Å². The number of hydrogen-bond donors (Lipinski definition) is 2. The van der Waals surface area contributed by atoms with Crippen molar-refractivity contribution in [3.05, 3.63) is 16.0 Å². The summed E-state index contributed by atoms with van der Waals surface area (Å²) in [5.74, 6) is 1.40. The Balaban J connectivity index is 1.64. The van der Waals surface area contributed by atoms with Gasteiger partial charge in [0.2, 0.25) is 5.91 Å². The Morgan fingerprint density at radius 3 is 2.95 bits per heavy atom. The van der Waals surface area contributed by atoms with E-state index in [0.717, 1.165) is 36.7 Å². The summed E-state index contributed by atoms with van der Waals surface area (Å²) >= 11 is 1.59. The molecule has 1 atom stereocenters. The number of nitrogens with one attached hydrogen (secondary N) is 2. The summed E-state index contributed by atoms with van der Waals surface area (Å²) < 4.78 is 0. The smallest absolute Gasteiger partial charge is 0.238 e. The summed E-state index contributed by atoms with van der Waals surface area (Å²) in [7, 11) is 0. The lowest BCUT2D eigenvalue weighted by molar-refractivity contribution is -0.115. The average Bonchev–Trinajstić information content (AvgIpc) is 3.20. The number of thiophene rings is 1. The van der Waals surface area contributed by atoms with Gasteiger partial charge in [-0.1, -0.05) is 6.92 Å². The normalized spacial score (nSPS) is 20.7. The van der Waals surface area contributed by atoms with Gasteiger partial charge < -0.3 is 10.6 Å². The summed E-state index contributed by atoms with van der Waals surface area (Å²) in [4.78, 5) is 13.3. The molecule has 3 rings (SSSR count). The number of carbonyl (C=O) groups excluding carboxylic acids is 1. The van der Waals surface area contributed by atoms with Gasteiger partial charge in [0.15, 0.2) is 0 Å². The Kier molecular flexibility index (Phi) is 4.27. The first-order chi connectivity index (χ1) is 10.2. The Hall–Kier alpha value is -1.38. The molecule has 1 heterocycles. The van der Waals surface area contributed by atoms with Gasteiger partial charge in [-0.15, -0.1) is 11.3 Å². The Morgan fingerprint density at radius 2 is 2.24 bits per heavy atom. The van der Waals surface area contributed by atoms with Crippen molar-refractivity contribution in [3.8, 4) is 6.07 Å². The van der Waals surface area contributed by atoms with Crippen LogP contribution in [0.15, 0.2) is 0 Å². The van der Waals surface area contributed by atoms with Gasteiger partial charge in [0.05, 0.1) is 12.1 Å². The van der Waals surface area contributed by atoms with Crippen LogP contribution in [0.25, 0.3) is 0 Å². The van der Waals surface area contributed by atoms with Crippen LogP contribution in [-0.2, 0) is 17.6 Å². The number of carbonyl (C=O) groups is 1. The van der Waals surface area contributed by atoms with Crippen molar-refractivity contribution in [3.63, 3.8) is 0 Å². The third-order valence-electron chi connectivity index (χ3n) is 4.29. The van der Waals surface area contributed by atoms with E-state index in [1.165, 1.54) is 23.3 Å². The van der Waals surface area contributed by atoms with Crippen molar-refractivity contribution in [2.24, 2.45) is 11.8 Å². The summed E-state index contributed by atoms with van der Waals surface area (Å²) in [6.45, 7) is 3.51. The minimum atomic E-state index is -0.0428. The summed E-state index contributed by atoms with van der Waals surface area (Å²) in [5, 5.41) is 16.2. The van der Waals surface area contributed by atoms with Crippen LogP contribution in [0.5, 0.6) is 0 Å². The van der Waals surface area contributed by atoms with Gasteiger partial charge in [0.25, 0.3) is 0 Å². The Bertz CT molecular complexity index is 583. The quantitative estimate of drug-likeness (QED) is 0.879. The molecule has 21 heavy (non-hydrogen) atoms. The largest absolute Gasteiger partial charge is 0.315 e. The Morgan fingerprint density at radius 1 is 1.43 bits per heavy atom. The fourth-order valence-electron chi connectivity index (χ4n) is 2.84. The van der Waals surface area contributed by atoms with Gasteiger partial charge in [-0.2, -0.15) is 5.26 Å². The second-order valence-corrected chi connectivity index (χ2v) is 7.40. The predicted molar refractivity (Wildman–Crippen MR) is 84.4 cm³/mol. The summed E-state index contributed by atoms with van der Waals surface area (Å²) in [6, 6.07) is 2.28. The number of amides is 1. The van der Waals surface area contributed by atoms with Crippen LogP contribution in [0.1, 0.15) is 42.2 Å². The maximum absolute atomic E-state index is 12.0. The molecule has 5 heteroatoms. The van der Waals surface area contributed by atoms with Crippen LogP contribution in [0.3, 0.4) is 0 Å². The zero-order valence-corrected chi connectivity index (χ0v) is 13.2. The van der Waals surface area contributed by atoms with Crippen LogP contribution < -0.4 is 10.6 Å². The highest BCUT2D eigenvalue weighted by atomic mass is 32.1. The lowest BCUT2D eigenvalue weighted by Gasteiger charge is -2.17. The van der Waals surface area contributed by atoms with Crippen LogP contribution in [0, 0.1) is 23.2 Å². The predicted octanol–water partition coefficient (Wildman–Crippen LogP) is 2.68. The minimum Gasteiger partial charge on any atom is -0.315 e. The molecule has 1 fully saturated rings. The first kappa shape index (κ1) is 14.6. The van der Waals surface area contributed by atoms with Gasteiger partial charge in [-0.3, -0.25) is 4.79 Å². The fraction of sp³-hybridized carbons (Fsp3) is 0.625. The summed E-state index contributed by atoms with van der Waals surface area (Å²) in [5.41, 5.74) is 1.86. The van der Waals surface area contributed by atoms with E-state index in [1.54, 1.807) is 11.3 Å². The molecule has 0 aromatic carbocycles. The third-order valence-corrected chi connectivity index (χ3v) is 5.46. The van der Waals surface area contributed by atoms with E-state index in [1.807, 2.05) is 0 Å². The monoisotopic (exact) mass is 303 g/mol. The average molecular weight is 303 g/mol. The van der Waals surface area contributed by atoms with Crippen molar-refractivity contribution in [1.29, 1.82) is 5.26 Å². The molecule has 1 aromatic heterocycles. The van der Waals surface area contributed by atoms with Crippen LogP contribution in [-0.4, -0.2) is 19.0 Å². The zero-order chi connectivity index (χ0) is 14.8. The highest BCUT2D eigenvalue weighted by Crippen LogP contribution is 2.39. The number of nitrogens with zero attached hydrogens (tertiary/aromatic N) is 1. The molecular weight excluding hydrogens is 282 g/mol. The highest BCUT2D eigenvalue weighted by Gasteiger charge is 2.25. The first-order valence-corrected chi connectivity index (χ1v) is 8.54. The third kappa shape index (κ3) is 3.45. The van der Waals surface area contributed by atoms with E-state index < -0.39 is 0 Å². The lowest BCUT2D eigenvalue weighted by Crippen LogP contribution is -2.29. The molecule has 2 N–H and O–H groups in total. The van der Waals surface area contributed by atoms with Gasteiger partial charge in [0.1, 0.15) is 11.1 Å². The molecule has 1 saturated carbocycles. The molecule has 4 nitrogen and oxygen atoms in total. The van der Waals surface area contributed by atoms with Gasteiger partial charge in [-0.25, -0.2) is 0 Å². The van der Waals surface area contributed by atoms with Gasteiger partial charge in [-0.05, 0) is 56.0 Å². The van der Waals surface area contributed by atoms with Crippen molar-refractivity contribution < 1.29 is 4.79 Å². The molecule has 1 aromatic rings. The van der Waals surface area contributed by atoms with Crippen LogP contribution >= 0.6 is 11.3 Å². The van der Waals surface area contributed by atoms with Crippen LogP contribution in [0.2, 0.25) is 0 Å². The van der Waals surface area contributed by atoms with E-state index >= 15 is 0 Å². The number of rotatable bonds is 5. The molecule has 0 bridgehead atoms. The van der Waals surface area contributed by atoms with E-state index in [2.05, 4.69) is 23.6 Å². The minimum absolute atomic E-state index is 0.0428. The molecule has 2 aliphatic rings. The number of anilines is 1. The Labute approximate surface area is 129 Å². The molecule has 2 aliphatic carbocycles. The fourth-order valence-corrected chi connectivity index (χ4v) is 4.22. The molecule has 1 unspecified atom stereocenters. The van der Waals surface area contributed by atoms with Gasteiger partial charge in [0, 0.05) is 4.88 Å². The maximum Gasteiger partial charge on any atom is 0.238 e. The summed E-state index contributed by atoms with van der Waals surface area (Å²) in [6.07, 6.45) is 5.69. The zero-order valence-electron chi connectivity index (χ0n) is 12.4. The lowest BCUT2D eigenvalue weighted by atomic mass is 9.89. The van der Waals surface area contributed by atoms with Crippen LogP contribution in [0.4, 0.5) is 5.00 Å². The number of fused-ring (bicyclic) bond motifs is 1. The molecule has 0 saturated heterocycles.